The molecule has 0 aliphatic rings. The molecule has 1 aromatic heterocycles. The largest absolute Gasteiger partial charge is 0.338 e. The Morgan fingerprint density at radius 1 is 1.62 bits per heavy atom. The Hall–Kier alpha value is -0.271. The van der Waals surface area contributed by atoms with Gasteiger partial charge in [-0.3, -0.25) is 0 Å². The van der Waals surface area contributed by atoms with Crippen LogP contribution in [-0.4, -0.2) is 9.55 Å². The third-order valence-electron chi connectivity index (χ3n) is 1.06. The van der Waals surface area contributed by atoms with Gasteiger partial charge in [-0.25, -0.2) is 4.98 Å². The Kier molecular flexibility index (Phi) is 2.80. The molecule has 1 radical (unpaired) electrons. The summed E-state index contributed by atoms with van der Waals surface area (Å²) in [5.74, 6) is 1.06. The number of nitrogens with zero attached hydrogens (tertiary/aromatic N) is 2. The normalized spacial score (nSPS) is 8.25. The van der Waals surface area contributed by atoms with E-state index in [0.29, 0.717) is 0 Å². The molecular weight excluding hydrogens is 152 g/mol. The maximum Gasteiger partial charge on any atom is 0.105 e. The van der Waals surface area contributed by atoms with Crippen LogP contribution in [0.2, 0.25) is 0 Å². The molecule has 1 heterocycles. The maximum absolute atomic E-state index is 3.98. The van der Waals surface area contributed by atoms with E-state index in [-0.39, 0.29) is 17.1 Å². The van der Waals surface area contributed by atoms with Crippen LogP contribution >= 0.6 is 0 Å². The summed E-state index contributed by atoms with van der Waals surface area (Å²) in [5, 5.41) is 0. The van der Waals surface area contributed by atoms with Gasteiger partial charge in [0.05, 0.1) is 0 Å². The predicted molar refractivity (Wildman–Crippen MR) is 27.9 cm³/mol. The minimum absolute atomic E-state index is 0. The standard InChI is InChI=1S/C5H8N2.Cu/c1-5-6-3-4-7(5)2;/h3-4H,1-2H3;. The van der Waals surface area contributed by atoms with Crippen molar-refractivity contribution in [1.82, 2.24) is 9.55 Å². The van der Waals surface area contributed by atoms with Gasteiger partial charge in [-0.1, -0.05) is 0 Å². The van der Waals surface area contributed by atoms with Crippen LogP contribution < -0.4 is 0 Å². The van der Waals surface area contributed by atoms with Crippen LogP contribution in [0.3, 0.4) is 0 Å². The van der Waals surface area contributed by atoms with Crippen LogP contribution in [0.25, 0.3) is 0 Å². The fraction of sp³-hybridized carbons (Fsp3) is 0.400. The van der Waals surface area contributed by atoms with Crippen LogP contribution in [-0.2, 0) is 24.1 Å². The minimum Gasteiger partial charge on any atom is -0.338 e. The van der Waals surface area contributed by atoms with Crippen molar-refractivity contribution in [2.75, 3.05) is 0 Å². The zero-order valence-electron chi connectivity index (χ0n) is 4.85. The summed E-state index contributed by atoms with van der Waals surface area (Å²) in [6.07, 6.45) is 3.71. The van der Waals surface area contributed by atoms with E-state index in [1.54, 1.807) is 6.20 Å². The molecular formula is C5H8CuN2. The minimum atomic E-state index is 0. The van der Waals surface area contributed by atoms with E-state index in [2.05, 4.69) is 4.98 Å². The van der Waals surface area contributed by atoms with Crippen molar-refractivity contribution in [1.29, 1.82) is 0 Å². The van der Waals surface area contributed by atoms with E-state index in [4.69, 9.17) is 0 Å². The monoisotopic (exact) mass is 159 g/mol. The molecule has 0 spiro atoms. The van der Waals surface area contributed by atoms with E-state index in [1.807, 2.05) is 24.7 Å². The molecule has 0 saturated heterocycles. The Morgan fingerprint density at radius 2 is 2.25 bits per heavy atom. The summed E-state index contributed by atoms with van der Waals surface area (Å²) in [5.41, 5.74) is 0. The molecule has 0 bridgehead atoms. The van der Waals surface area contributed by atoms with Crippen molar-refractivity contribution in [3.8, 4) is 0 Å². The van der Waals surface area contributed by atoms with Gasteiger partial charge in [-0.2, -0.15) is 0 Å². The zero-order chi connectivity index (χ0) is 5.28. The molecule has 49 valence electrons. The Morgan fingerprint density at radius 3 is 2.38 bits per heavy atom. The van der Waals surface area contributed by atoms with E-state index in [1.165, 1.54) is 0 Å². The van der Waals surface area contributed by atoms with Crippen LogP contribution in [0.4, 0.5) is 0 Å². The SMILES string of the molecule is Cc1nccn1C.[Cu]. The summed E-state index contributed by atoms with van der Waals surface area (Å²) >= 11 is 0. The van der Waals surface area contributed by atoms with Crippen LogP contribution in [0, 0.1) is 6.92 Å². The van der Waals surface area contributed by atoms with Gasteiger partial charge >= 0.3 is 0 Å². The van der Waals surface area contributed by atoms with Crippen molar-refractivity contribution < 1.29 is 17.1 Å². The van der Waals surface area contributed by atoms with Crippen molar-refractivity contribution >= 4 is 0 Å². The van der Waals surface area contributed by atoms with Gasteiger partial charge in [0.2, 0.25) is 0 Å². The summed E-state index contributed by atoms with van der Waals surface area (Å²) in [6, 6.07) is 0. The first-order chi connectivity index (χ1) is 3.30. The van der Waals surface area contributed by atoms with Gasteiger partial charge in [0.15, 0.2) is 0 Å². The fourth-order valence-corrected chi connectivity index (χ4v) is 0.440. The average molecular weight is 160 g/mol. The molecule has 0 amide bonds. The molecule has 2 nitrogen and oxygen atoms in total. The van der Waals surface area contributed by atoms with Crippen LogP contribution in [0.1, 0.15) is 5.82 Å². The average Bonchev–Trinajstić information content (AvgIpc) is 1.91. The molecule has 0 saturated carbocycles. The summed E-state index contributed by atoms with van der Waals surface area (Å²) in [6.45, 7) is 1.97. The van der Waals surface area contributed by atoms with Crippen molar-refractivity contribution in [3.05, 3.63) is 18.2 Å². The first kappa shape index (κ1) is 7.73. The fourth-order valence-electron chi connectivity index (χ4n) is 0.440. The predicted octanol–water partition coefficient (Wildman–Crippen LogP) is 0.726. The van der Waals surface area contributed by atoms with Gasteiger partial charge in [0.25, 0.3) is 0 Å². The number of imidazole rings is 1. The Bertz CT molecular complexity index is 143. The van der Waals surface area contributed by atoms with Crippen LogP contribution in [0.5, 0.6) is 0 Å². The summed E-state index contributed by atoms with van der Waals surface area (Å²) in [7, 11) is 1.97. The van der Waals surface area contributed by atoms with Crippen LogP contribution in [0.15, 0.2) is 12.4 Å². The number of hydrogen-bond donors (Lipinski definition) is 0. The molecule has 0 unspecified atom stereocenters. The molecule has 0 aromatic carbocycles. The molecule has 0 fully saturated rings. The maximum atomic E-state index is 3.98. The van der Waals surface area contributed by atoms with E-state index >= 15 is 0 Å². The van der Waals surface area contributed by atoms with Crippen molar-refractivity contribution in [3.63, 3.8) is 0 Å². The van der Waals surface area contributed by atoms with Gasteiger partial charge in [0.1, 0.15) is 5.82 Å². The number of aryl methyl sites for hydroxylation is 2. The molecule has 0 atom stereocenters. The molecule has 3 heteroatoms. The molecule has 1 aromatic rings. The van der Waals surface area contributed by atoms with Gasteiger partial charge in [0, 0.05) is 36.5 Å². The second-order valence-corrected chi connectivity index (χ2v) is 1.59. The second-order valence-electron chi connectivity index (χ2n) is 1.59. The molecule has 1 rings (SSSR count). The quantitative estimate of drug-likeness (QED) is 0.511. The van der Waals surface area contributed by atoms with Gasteiger partial charge in [-0.15, -0.1) is 0 Å². The zero-order valence-corrected chi connectivity index (χ0v) is 5.79. The van der Waals surface area contributed by atoms with Crippen molar-refractivity contribution in [2.45, 2.75) is 6.92 Å². The second kappa shape index (κ2) is 2.90. The Balaban J connectivity index is 0.000000490. The summed E-state index contributed by atoms with van der Waals surface area (Å²) in [4.78, 5) is 3.98. The van der Waals surface area contributed by atoms with E-state index in [9.17, 15) is 0 Å². The third kappa shape index (κ3) is 1.35. The third-order valence-corrected chi connectivity index (χ3v) is 1.06. The van der Waals surface area contributed by atoms with Gasteiger partial charge < -0.3 is 4.57 Å². The van der Waals surface area contributed by atoms with E-state index in [0.717, 1.165) is 5.82 Å². The first-order valence-electron chi connectivity index (χ1n) is 2.24. The Labute approximate surface area is 59.4 Å². The smallest absolute Gasteiger partial charge is 0.105 e. The number of rotatable bonds is 0. The number of hydrogen-bond acceptors (Lipinski definition) is 1. The molecule has 8 heavy (non-hydrogen) atoms. The van der Waals surface area contributed by atoms with E-state index < -0.39 is 0 Å². The first-order valence-corrected chi connectivity index (χ1v) is 2.24. The topological polar surface area (TPSA) is 17.8 Å². The van der Waals surface area contributed by atoms with Crippen molar-refractivity contribution in [2.24, 2.45) is 7.05 Å². The molecule has 0 N–H and O–H groups in total. The molecule has 0 aliphatic heterocycles. The van der Waals surface area contributed by atoms with Gasteiger partial charge in [-0.05, 0) is 6.92 Å². The molecule has 0 aliphatic carbocycles. The summed E-state index contributed by atoms with van der Waals surface area (Å²) < 4.78 is 1.97. The number of aromatic nitrogens is 2.